The second kappa shape index (κ2) is 5.45. The maximum atomic E-state index is 11.0. The molecule has 0 bridgehead atoms. The number of oxazole rings is 1. The molecule has 4 rings (SSSR count). The molecule has 0 atom stereocenters. The van der Waals surface area contributed by atoms with Crippen LogP contribution < -0.4 is 11.3 Å². The molecule has 2 aromatic carbocycles. The van der Waals surface area contributed by atoms with Gasteiger partial charge in [-0.1, -0.05) is 18.2 Å². The third kappa shape index (κ3) is 2.68. The van der Waals surface area contributed by atoms with Crippen molar-refractivity contribution in [3.05, 3.63) is 67.8 Å². The van der Waals surface area contributed by atoms with Gasteiger partial charge >= 0.3 is 5.76 Å². The Hall–Kier alpha value is -2.54. The molecule has 7 heteroatoms. The first kappa shape index (κ1) is 13.4. The maximum absolute atomic E-state index is 11.0. The summed E-state index contributed by atoms with van der Waals surface area (Å²) in [5.74, 6) is -0.402. The number of aromatic amines is 2. The Kier molecular flexibility index (Phi) is 3.49. The SMILES string of the molecule is O=c1[nH]c2ccccc2o1.O=c1[nH]oc2cccc(Br)c12. The van der Waals surface area contributed by atoms with Crippen LogP contribution in [0.15, 0.2) is 65.5 Å². The zero-order chi connectivity index (χ0) is 14.8. The second-order valence-corrected chi connectivity index (χ2v) is 5.01. The van der Waals surface area contributed by atoms with E-state index < -0.39 is 5.76 Å². The average Bonchev–Trinajstić information content (AvgIpc) is 3.02. The molecule has 2 N–H and O–H groups in total. The van der Waals surface area contributed by atoms with Crippen LogP contribution in [0.25, 0.3) is 22.1 Å². The Labute approximate surface area is 125 Å². The van der Waals surface area contributed by atoms with E-state index in [-0.39, 0.29) is 5.56 Å². The minimum atomic E-state index is -0.402. The third-order valence-electron chi connectivity index (χ3n) is 2.78. The molecule has 0 saturated carbocycles. The van der Waals surface area contributed by atoms with Crippen LogP contribution >= 0.6 is 15.9 Å². The van der Waals surface area contributed by atoms with Crippen LogP contribution in [0.2, 0.25) is 0 Å². The fourth-order valence-electron chi connectivity index (χ4n) is 1.86. The number of hydrogen-bond donors (Lipinski definition) is 2. The number of halogens is 1. The zero-order valence-corrected chi connectivity index (χ0v) is 12.1. The lowest BCUT2D eigenvalue weighted by Gasteiger charge is -1.86. The molecule has 0 fully saturated rings. The van der Waals surface area contributed by atoms with Gasteiger partial charge in [0.15, 0.2) is 11.2 Å². The highest BCUT2D eigenvalue weighted by molar-refractivity contribution is 9.10. The summed E-state index contributed by atoms with van der Waals surface area (Å²) in [7, 11) is 0. The van der Waals surface area contributed by atoms with Gasteiger partial charge in [0, 0.05) is 4.47 Å². The first-order valence-corrected chi connectivity index (χ1v) is 6.78. The van der Waals surface area contributed by atoms with Gasteiger partial charge in [0.25, 0.3) is 5.56 Å². The molecular formula is C14H9BrN2O4. The third-order valence-corrected chi connectivity index (χ3v) is 3.44. The van der Waals surface area contributed by atoms with Crippen molar-refractivity contribution in [3.63, 3.8) is 0 Å². The quantitative estimate of drug-likeness (QED) is 0.510. The minimum absolute atomic E-state index is 0.201. The second-order valence-electron chi connectivity index (χ2n) is 4.16. The normalized spacial score (nSPS) is 10.5. The van der Waals surface area contributed by atoms with E-state index in [0.717, 1.165) is 9.99 Å². The molecule has 2 heterocycles. The molecule has 0 aliphatic rings. The molecule has 0 aliphatic carbocycles. The van der Waals surface area contributed by atoms with Gasteiger partial charge in [-0.05, 0) is 40.2 Å². The lowest BCUT2D eigenvalue weighted by molar-refractivity contribution is 0.449. The summed E-state index contributed by atoms with van der Waals surface area (Å²) in [5.41, 5.74) is 1.72. The highest BCUT2D eigenvalue weighted by Gasteiger charge is 2.04. The number of hydrogen-bond acceptors (Lipinski definition) is 4. The highest BCUT2D eigenvalue weighted by atomic mass is 79.9. The summed E-state index contributed by atoms with van der Waals surface area (Å²) in [5, 5.41) is 2.82. The molecule has 0 radical (unpaired) electrons. The molecule has 21 heavy (non-hydrogen) atoms. The van der Waals surface area contributed by atoms with E-state index in [1.54, 1.807) is 24.3 Å². The summed E-state index contributed by atoms with van der Waals surface area (Å²) in [6, 6.07) is 12.5. The van der Waals surface area contributed by atoms with Gasteiger partial charge in [0.05, 0.1) is 5.52 Å². The fraction of sp³-hybridized carbons (Fsp3) is 0. The van der Waals surface area contributed by atoms with Crippen molar-refractivity contribution in [1.29, 1.82) is 0 Å². The Morgan fingerprint density at radius 1 is 0.952 bits per heavy atom. The van der Waals surface area contributed by atoms with Crippen LogP contribution in [0, 0.1) is 0 Å². The Morgan fingerprint density at radius 3 is 2.48 bits per heavy atom. The van der Waals surface area contributed by atoms with E-state index in [0.29, 0.717) is 16.6 Å². The molecule has 0 unspecified atom stereocenters. The topological polar surface area (TPSA) is 92.0 Å². The van der Waals surface area contributed by atoms with E-state index in [2.05, 4.69) is 26.1 Å². The van der Waals surface area contributed by atoms with E-state index in [1.165, 1.54) is 0 Å². The van der Waals surface area contributed by atoms with Gasteiger partial charge in [-0.25, -0.2) is 4.79 Å². The van der Waals surface area contributed by atoms with Crippen LogP contribution in [0.4, 0.5) is 0 Å². The van der Waals surface area contributed by atoms with Crippen molar-refractivity contribution in [2.24, 2.45) is 0 Å². The number of H-pyrrole nitrogens is 2. The van der Waals surface area contributed by atoms with Crippen molar-refractivity contribution < 1.29 is 8.94 Å². The van der Waals surface area contributed by atoms with E-state index in [4.69, 9.17) is 8.94 Å². The molecule has 6 nitrogen and oxygen atoms in total. The predicted octanol–water partition coefficient (Wildman–Crippen LogP) is 3.00. The number of fused-ring (bicyclic) bond motifs is 2. The molecule has 0 aliphatic heterocycles. The molecule has 4 aromatic rings. The van der Waals surface area contributed by atoms with Crippen molar-refractivity contribution >= 4 is 38.0 Å². The highest BCUT2D eigenvalue weighted by Crippen LogP contribution is 2.19. The summed E-state index contributed by atoms with van der Waals surface area (Å²) < 4.78 is 10.4. The molecule has 0 saturated heterocycles. The minimum Gasteiger partial charge on any atom is -0.408 e. The van der Waals surface area contributed by atoms with Crippen LogP contribution in [0.1, 0.15) is 0 Å². The molecule has 0 spiro atoms. The van der Waals surface area contributed by atoms with Gasteiger partial charge in [0.1, 0.15) is 5.39 Å². The first-order valence-electron chi connectivity index (χ1n) is 5.99. The summed E-state index contributed by atoms with van der Waals surface area (Å²) in [4.78, 5) is 24.1. The Bertz CT molecular complexity index is 973. The van der Waals surface area contributed by atoms with E-state index >= 15 is 0 Å². The van der Waals surface area contributed by atoms with Gasteiger partial charge in [-0.3, -0.25) is 9.78 Å². The summed E-state index contributed by atoms with van der Waals surface area (Å²) in [6.45, 7) is 0. The van der Waals surface area contributed by atoms with E-state index in [9.17, 15) is 9.59 Å². The van der Waals surface area contributed by atoms with Crippen LogP contribution in [0.3, 0.4) is 0 Å². The fourth-order valence-corrected chi connectivity index (χ4v) is 2.38. The average molecular weight is 349 g/mol. The number of aromatic nitrogens is 2. The number of benzene rings is 2. The van der Waals surface area contributed by atoms with Crippen LogP contribution in [-0.2, 0) is 0 Å². The maximum Gasteiger partial charge on any atom is 0.417 e. The summed E-state index contributed by atoms with van der Waals surface area (Å²) in [6.07, 6.45) is 0. The molecule has 106 valence electrons. The van der Waals surface area contributed by atoms with Crippen molar-refractivity contribution in [3.8, 4) is 0 Å². The van der Waals surface area contributed by atoms with Crippen molar-refractivity contribution in [2.45, 2.75) is 0 Å². The lowest BCUT2D eigenvalue weighted by atomic mass is 10.3. The smallest absolute Gasteiger partial charge is 0.408 e. The largest absolute Gasteiger partial charge is 0.417 e. The molecule has 0 amide bonds. The van der Waals surface area contributed by atoms with Crippen molar-refractivity contribution in [1.82, 2.24) is 10.1 Å². The first-order chi connectivity index (χ1) is 10.1. The van der Waals surface area contributed by atoms with E-state index in [1.807, 2.05) is 18.2 Å². The van der Waals surface area contributed by atoms with Gasteiger partial charge in [-0.15, -0.1) is 0 Å². The lowest BCUT2D eigenvalue weighted by Crippen LogP contribution is -1.96. The summed E-state index contributed by atoms with van der Waals surface area (Å²) >= 11 is 3.25. The number of rotatable bonds is 0. The molecule has 2 aromatic heterocycles. The van der Waals surface area contributed by atoms with Gasteiger partial charge in [-0.2, -0.15) is 5.16 Å². The zero-order valence-electron chi connectivity index (χ0n) is 10.6. The predicted molar refractivity (Wildman–Crippen MR) is 81.4 cm³/mol. The van der Waals surface area contributed by atoms with Crippen molar-refractivity contribution in [2.75, 3.05) is 0 Å². The number of nitrogens with one attached hydrogen (secondary N) is 2. The molecular weight excluding hydrogens is 340 g/mol. The Balaban J connectivity index is 0.000000126. The van der Waals surface area contributed by atoms with Crippen LogP contribution in [-0.4, -0.2) is 10.1 Å². The number of para-hydroxylation sites is 2. The van der Waals surface area contributed by atoms with Gasteiger partial charge in [0.2, 0.25) is 0 Å². The Morgan fingerprint density at radius 2 is 1.71 bits per heavy atom. The van der Waals surface area contributed by atoms with Crippen LogP contribution in [0.5, 0.6) is 0 Å². The standard InChI is InChI=1S/C7H4BrNO2.C7H5NO2/c8-4-2-1-3-5-6(4)7(10)9-11-5;9-7-8-5-3-1-2-4-6(5)10-7/h1-3H,(H,9,10);1-4H,(H,8,9). The van der Waals surface area contributed by atoms with Gasteiger partial charge < -0.3 is 8.94 Å². The monoisotopic (exact) mass is 348 g/mol.